The Morgan fingerprint density at radius 1 is 0.559 bits per heavy atom. The summed E-state index contributed by atoms with van der Waals surface area (Å²) >= 11 is 0. The zero-order valence-electron chi connectivity index (χ0n) is 35.1. The van der Waals surface area contributed by atoms with Crippen molar-refractivity contribution in [2.24, 2.45) is 11.8 Å². The van der Waals surface area contributed by atoms with Gasteiger partial charge in [0, 0.05) is 63.8 Å². The molecule has 4 aromatic rings. The lowest BCUT2D eigenvalue weighted by Crippen LogP contribution is -2.57. The number of aromatic nitrogens is 2. The molecule has 13 heteroatoms. The Hall–Kier alpha value is -5.82. The predicted octanol–water partition coefficient (Wildman–Crippen LogP) is 4.82. The summed E-state index contributed by atoms with van der Waals surface area (Å²) in [6, 6.07) is 27.8. The minimum Gasteiger partial charge on any atom is -0.365 e. The molecule has 1 aliphatic rings. The van der Waals surface area contributed by atoms with E-state index >= 15 is 0 Å². The Bertz CT molecular complexity index is 1780. The van der Waals surface area contributed by atoms with Gasteiger partial charge in [0.1, 0.15) is 24.3 Å². The molecule has 0 unspecified atom stereocenters. The molecular formula is C46H60N8O5. The van der Waals surface area contributed by atoms with Gasteiger partial charge in [0.25, 0.3) is 0 Å². The lowest BCUT2D eigenvalue weighted by Gasteiger charge is -2.28. The number of epoxide rings is 1. The van der Waals surface area contributed by atoms with Crippen molar-refractivity contribution in [2.75, 3.05) is 27.2 Å². The lowest BCUT2D eigenvalue weighted by atomic mass is 9.94. The number of nitrogens with one attached hydrogen (secondary N) is 4. The number of carbonyl (C=O) groups is 4. The number of likely N-dealkylation sites (N-methyl/N-ethyl adjacent to an activating group) is 2. The number of benzene rings is 2. The minimum atomic E-state index is -0.812. The summed E-state index contributed by atoms with van der Waals surface area (Å²) in [5, 5.41) is 12.4. The van der Waals surface area contributed by atoms with E-state index in [4.69, 9.17) is 4.74 Å². The van der Waals surface area contributed by atoms with Gasteiger partial charge in [-0.2, -0.15) is 0 Å². The molecule has 0 radical (unpaired) electrons. The zero-order valence-corrected chi connectivity index (χ0v) is 35.1. The van der Waals surface area contributed by atoms with Gasteiger partial charge in [-0.3, -0.25) is 19.6 Å². The van der Waals surface area contributed by atoms with E-state index in [-0.39, 0.29) is 35.7 Å². The molecule has 1 saturated heterocycles. The van der Waals surface area contributed by atoms with E-state index in [0.717, 1.165) is 22.5 Å². The summed E-state index contributed by atoms with van der Waals surface area (Å²) in [5.74, 6) is -1.06. The van der Waals surface area contributed by atoms with E-state index in [1.54, 1.807) is 36.3 Å². The van der Waals surface area contributed by atoms with Gasteiger partial charge in [0.15, 0.2) is 0 Å². The van der Waals surface area contributed by atoms with Crippen LogP contribution < -0.4 is 21.3 Å². The van der Waals surface area contributed by atoms with E-state index in [1.165, 1.54) is 0 Å². The summed E-state index contributed by atoms with van der Waals surface area (Å²) in [7, 11) is 3.40. The second kappa shape index (κ2) is 21.8. The number of ether oxygens (including phenoxy) is 1. The molecule has 6 atom stereocenters. The Morgan fingerprint density at radius 2 is 0.932 bits per heavy atom. The minimum absolute atomic E-state index is 0.209. The fourth-order valence-corrected chi connectivity index (χ4v) is 6.98. The number of hydrogen-bond donors (Lipinski definition) is 4. The van der Waals surface area contributed by atoms with Gasteiger partial charge in [-0.15, -0.1) is 0 Å². The molecule has 3 heterocycles. The first-order chi connectivity index (χ1) is 28.4. The molecule has 0 spiro atoms. The molecule has 1 fully saturated rings. The van der Waals surface area contributed by atoms with E-state index in [0.29, 0.717) is 38.8 Å². The second-order valence-corrected chi connectivity index (χ2v) is 16.0. The first-order valence-corrected chi connectivity index (χ1v) is 20.6. The third-order valence-corrected chi connectivity index (χ3v) is 10.6. The van der Waals surface area contributed by atoms with Crippen LogP contribution in [-0.4, -0.2) is 107 Å². The number of pyridine rings is 2. The van der Waals surface area contributed by atoms with Crippen LogP contribution in [0, 0.1) is 11.8 Å². The van der Waals surface area contributed by atoms with Crippen LogP contribution in [-0.2, 0) is 40.0 Å². The van der Waals surface area contributed by atoms with Crippen molar-refractivity contribution in [3.63, 3.8) is 0 Å². The average Bonchev–Trinajstić information content (AvgIpc) is 4.04. The Labute approximate surface area is 348 Å². The van der Waals surface area contributed by atoms with Crippen LogP contribution in [0.1, 0.15) is 50.2 Å². The molecule has 2 aromatic heterocycles. The second-order valence-electron chi connectivity index (χ2n) is 16.0. The van der Waals surface area contributed by atoms with Gasteiger partial charge in [0.05, 0.1) is 12.1 Å². The van der Waals surface area contributed by atoms with Crippen molar-refractivity contribution in [1.29, 1.82) is 0 Å². The molecule has 6 amide bonds. The Morgan fingerprint density at radius 3 is 1.27 bits per heavy atom. The number of urea groups is 2. The van der Waals surface area contributed by atoms with E-state index in [9.17, 15) is 19.2 Å². The maximum absolute atomic E-state index is 14.1. The fraction of sp³-hybridized carbons (Fsp3) is 0.435. The monoisotopic (exact) mass is 804 g/mol. The molecule has 0 aliphatic carbocycles. The first kappa shape index (κ1) is 44.3. The zero-order chi connectivity index (χ0) is 42.3. The first-order valence-electron chi connectivity index (χ1n) is 20.6. The topological polar surface area (TPSA) is 161 Å². The summed E-state index contributed by atoms with van der Waals surface area (Å²) in [4.78, 5) is 66.7. The molecule has 1 aliphatic heterocycles. The van der Waals surface area contributed by atoms with Crippen LogP contribution >= 0.6 is 0 Å². The van der Waals surface area contributed by atoms with Gasteiger partial charge in [-0.25, -0.2) is 9.59 Å². The van der Waals surface area contributed by atoms with Gasteiger partial charge in [-0.05, 0) is 60.1 Å². The fourth-order valence-electron chi connectivity index (χ4n) is 6.98. The van der Waals surface area contributed by atoms with Crippen LogP contribution in [0.15, 0.2) is 109 Å². The SMILES string of the molecule is CC(C)[C@H](NC(=O)N(C)CCc1ccccn1)C(=O)N[C@@H](Cc1ccccc1)[C@@H]1O[C@@H]1[C@H](Cc1ccccc1)NC(=O)[C@@H](NC(=O)N(C)CCc1ccccn1)C(C)C. The molecule has 13 nitrogen and oxygen atoms in total. The molecule has 4 N–H and O–H groups in total. The summed E-state index contributed by atoms with van der Waals surface area (Å²) in [5.41, 5.74) is 3.76. The van der Waals surface area contributed by atoms with Crippen molar-refractivity contribution in [3.8, 4) is 0 Å². The summed E-state index contributed by atoms with van der Waals surface area (Å²) in [6.07, 6.45) is 4.67. The summed E-state index contributed by atoms with van der Waals surface area (Å²) in [6.45, 7) is 8.46. The molecular weight excluding hydrogens is 745 g/mol. The van der Waals surface area contributed by atoms with Gasteiger partial charge < -0.3 is 35.8 Å². The van der Waals surface area contributed by atoms with Gasteiger partial charge >= 0.3 is 12.1 Å². The van der Waals surface area contributed by atoms with Crippen molar-refractivity contribution >= 4 is 23.9 Å². The predicted molar refractivity (Wildman–Crippen MR) is 228 cm³/mol. The number of hydrogen-bond acceptors (Lipinski definition) is 7. The standard InChI is InChI=1S/C46H60N8O5/c1-31(2)39(51-45(57)53(5)27-23-35-21-13-15-25-47-35)43(55)49-37(29-33-17-9-7-10-18-33)41-42(59-41)38(30-34-19-11-8-12-20-34)50-44(56)40(32(3)4)52-46(58)54(6)28-24-36-22-14-16-26-48-36/h7-22,25-26,31-32,37-42H,23-24,27-30H2,1-6H3,(H,49,55)(H,50,56)(H,51,57)(H,52,58)/t37-,38-,39-,40-,41-,42+/m0/s1. The van der Waals surface area contributed by atoms with Crippen molar-refractivity contribution in [1.82, 2.24) is 41.0 Å². The maximum atomic E-state index is 14.1. The highest BCUT2D eigenvalue weighted by atomic mass is 16.6. The number of amides is 6. The van der Waals surface area contributed by atoms with Crippen LogP contribution in [0.5, 0.6) is 0 Å². The smallest absolute Gasteiger partial charge is 0.317 e. The highest BCUT2D eigenvalue weighted by Crippen LogP contribution is 2.32. The van der Waals surface area contributed by atoms with E-state index in [2.05, 4.69) is 31.2 Å². The molecule has 2 aromatic carbocycles. The molecule has 59 heavy (non-hydrogen) atoms. The molecule has 314 valence electrons. The molecule has 0 bridgehead atoms. The third kappa shape index (κ3) is 13.6. The maximum Gasteiger partial charge on any atom is 0.317 e. The number of carbonyl (C=O) groups excluding carboxylic acids is 4. The van der Waals surface area contributed by atoms with Gasteiger partial charge in [0.2, 0.25) is 11.8 Å². The Kier molecular flexibility index (Phi) is 16.4. The highest BCUT2D eigenvalue weighted by molar-refractivity contribution is 5.88. The Balaban J connectivity index is 1.29. The van der Waals surface area contributed by atoms with E-state index < -0.39 is 36.4 Å². The van der Waals surface area contributed by atoms with Crippen LogP contribution in [0.25, 0.3) is 0 Å². The van der Waals surface area contributed by atoms with E-state index in [1.807, 2.05) is 125 Å². The summed E-state index contributed by atoms with van der Waals surface area (Å²) < 4.78 is 6.42. The van der Waals surface area contributed by atoms with Crippen LogP contribution in [0.4, 0.5) is 9.59 Å². The lowest BCUT2D eigenvalue weighted by molar-refractivity contribution is -0.125. The normalized spacial score (nSPS) is 16.6. The molecule has 5 rings (SSSR count). The number of nitrogens with zero attached hydrogens (tertiary/aromatic N) is 4. The van der Waals surface area contributed by atoms with Crippen molar-refractivity contribution in [3.05, 3.63) is 132 Å². The number of rotatable bonds is 20. The van der Waals surface area contributed by atoms with Crippen molar-refractivity contribution < 1.29 is 23.9 Å². The van der Waals surface area contributed by atoms with Gasteiger partial charge in [-0.1, -0.05) is 100 Å². The average molecular weight is 805 g/mol. The van der Waals surface area contributed by atoms with Crippen molar-refractivity contribution in [2.45, 2.75) is 89.8 Å². The largest absolute Gasteiger partial charge is 0.365 e. The van der Waals surface area contributed by atoms with Crippen LogP contribution in [0.3, 0.4) is 0 Å². The quantitative estimate of drug-likeness (QED) is 0.0933. The highest BCUT2D eigenvalue weighted by Gasteiger charge is 2.51. The van der Waals surface area contributed by atoms with Crippen LogP contribution in [0.2, 0.25) is 0 Å². The molecule has 0 saturated carbocycles. The third-order valence-electron chi connectivity index (χ3n) is 10.6.